The average molecular weight is 1080 g/mol. The first kappa shape index (κ1) is 46.8. The maximum Gasteiger partial charge on any atom is 0.140 e. The van der Waals surface area contributed by atoms with E-state index in [9.17, 15) is 0 Å². The van der Waals surface area contributed by atoms with Crippen molar-refractivity contribution in [2.45, 2.75) is 16.2 Å². The van der Waals surface area contributed by atoms with E-state index in [1.807, 2.05) is 0 Å². The molecule has 85 heavy (non-hydrogen) atoms. The molecule has 0 radical (unpaired) electrons. The van der Waals surface area contributed by atoms with Crippen molar-refractivity contribution in [3.8, 4) is 56.0 Å². The number of ether oxygens (including phenoxy) is 1. The summed E-state index contributed by atoms with van der Waals surface area (Å²) in [6.07, 6.45) is 0. The molecule has 1 aliphatic heterocycles. The van der Waals surface area contributed by atoms with Crippen LogP contribution >= 0.6 is 0 Å². The molecule has 14 aromatic rings. The number of rotatable bonds is 5. The van der Waals surface area contributed by atoms with Gasteiger partial charge in [-0.1, -0.05) is 285 Å². The van der Waals surface area contributed by atoms with E-state index in [1.165, 1.54) is 100 Å². The van der Waals surface area contributed by atoms with Gasteiger partial charge in [0.15, 0.2) is 0 Å². The summed E-state index contributed by atoms with van der Waals surface area (Å²) < 4.78 is 7.48. The monoisotopic (exact) mass is 1080 g/mol. The Labute approximate surface area is 493 Å². The molecule has 0 fully saturated rings. The highest BCUT2D eigenvalue weighted by Crippen LogP contribution is 2.68. The van der Waals surface area contributed by atoms with Crippen molar-refractivity contribution in [3.63, 3.8) is 0 Å². The lowest BCUT2D eigenvalue weighted by molar-refractivity contribution is 0.447. The molecule has 0 aromatic heterocycles. The molecule has 5 aliphatic rings. The average Bonchev–Trinajstić information content (AvgIpc) is 1.62. The quantitative estimate of drug-likeness (QED) is 0.170. The lowest BCUT2D eigenvalue weighted by Gasteiger charge is -2.40. The standard InChI is InChI=1S/C83H51NO/c1-3-25-54(26-4-1)81(55-27-5-2-6-28-55)68-39-19-14-34-63(68)77-70(81)41-21-43-75(77)84(76-44-22-42-71-78(76)64-35-15-20-40-69(64)82(71)65-36-16-11-31-59(65)60-32-12-17-37-66(60)82)56-47-48-62-61-33-13-18-38-67(61)83(74(62)51-56)72-49-45-52-23-7-9-29-57(52)79(72)85-80-58-30-10-8-24-53(58)46-50-73(80)83/h1-51H. The summed E-state index contributed by atoms with van der Waals surface area (Å²) in [5.41, 5.74) is 26.4. The smallest absolute Gasteiger partial charge is 0.140 e. The zero-order valence-electron chi connectivity index (χ0n) is 46.3. The fraction of sp³-hybridized carbons (Fsp3) is 0.0361. The van der Waals surface area contributed by atoms with Crippen LogP contribution in [0.2, 0.25) is 0 Å². The Morgan fingerprint density at radius 3 is 1.09 bits per heavy atom. The molecule has 1 heterocycles. The molecular formula is C83H51NO. The maximum atomic E-state index is 7.48. The number of benzene rings is 14. The third-order valence-corrected chi connectivity index (χ3v) is 20.0. The minimum Gasteiger partial charge on any atom is -0.455 e. The molecule has 19 rings (SSSR count). The lowest BCUT2D eigenvalue weighted by Crippen LogP contribution is -2.32. The molecule has 2 heteroatoms. The van der Waals surface area contributed by atoms with Gasteiger partial charge in [0.2, 0.25) is 0 Å². The first-order chi connectivity index (χ1) is 42.2. The van der Waals surface area contributed by atoms with E-state index in [2.05, 4.69) is 314 Å². The van der Waals surface area contributed by atoms with Crippen LogP contribution in [0, 0.1) is 0 Å². The van der Waals surface area contributed by atoms with Gasteiger partial charge >= 0.3 is 0 Å². The predicted molar refractivity (Wildman–Crippen MR) is 347 cm³/mol. The van der Waals surface area contributed by atoms with Crippen molar-refractivity contribution in [2.75, 3.05) is 4.90 Å². The second-order valence-corrected chi connectivity index (χ2v) is 23.6. The van der Waals surface area contributed by atoms with Crippen LogP contribution in [-0.4, -0.2) is 0 Å². The van der Waals surface area contributed by atoms with Crippen molar-refractivity contribution < 1.29 is 4.74 Å². The molecule has 394 valence electrons. The predicted octanol–water partition coefficient (Wildman–Crippen LogP) is 20.6. The molecule has 0 saturated heterocycles. The second-order valence-electron chi connectivity index (χ2n) is 23.6. The van der Waals surface area contributed by atoms with Crippen molar-refractivity contribution >= 4 is 38.6 Å². The van der Waals surface area contributed by atoms with Gasteiger partial charge in [-0.05, 0) is 124 Å². The fourth-order valence-electron chi connectivity index (χ4n) is 16.9. The number of hydrogen-bond donors (Lipinski definition) is 0. The van der Waals surface area contributed by atoms with Crippen LogP contribution in [0.15, 0.2) is 309 Å². The summed E-state index contributed by atoms with van der Waals surface area (Å²) in [6.45, 7) is 0. The van der Waals surface area contributed by atoms with Crippen molar-refractivity contribution in [1.82, 2.24) is 0 Å². The SMILES string of the molecule is c1ccc(C2(c3ccccc3)c3ccccc3-c3c(N(c4ccc5c(c4)C4(c6ccccc6-5)c5ccc6ccccc6c5Oc5c4ccc4ccccc54)c4cccc5c4-c4ccccc4C54c5ccccc5-c5ccccc54)cccc32)cc1. The van der Waals surface area contributed by atoms with Crippen LogP contribution in [0.3, 0.4) is 0 Å². The highest BCUT2D eigenvalue weighted by Gasteiger charge is 2.55. The molecule has 14 aromatic carbocycles. The van der Waals surface area contributed by atoms with Gasteiger partial charge in [-0.2, -0.15) is 0 Å². The van der Waals surface area contributed by atoms with Crippen molar-refractivity contribution in [1.29, 1.82) is 0 Å². The molecule has 0 bridgehead atoms. The minimum absolute atomic E-state index is 0.549. The van der Waals surface area contributed by atoms with E-state index in [1.54, 1.807) is 0 Å². The van der Waals surface area contributed by atoms with Gasteiger partial charge in [0, 0.05) is 38.7 Å². The Hall–Kier alpha value is -10.8. The first-order valence-electron chi connectivity index (χ1n) is 29.7. The summed E-state index contributed by atoms with van der Waals surface area (Å²) in [4.78, 5) is 2.65. The van der Waals surface area contributed by atoms with Gasteiger partial charge in [0.05, 0.1) is 27.6 Å². The topological polar surface area (TPSA) is 12.5 Å². The molecule has 0 amide bonds. The number of hydrogen-bond acceptors (Lipinski definition) is 2. The Kier molecular flexibility index (Phi) is 9.43. The number of fused-ring (bicyclic) bond motifs is 26. The largest absolute Gasteiger partial charge is 0.455 e. The molecule has 2 nitrogen and oxygen atoms in total. The molecular weight excluding hydrogens is 1030 g/mol. The molecule has 0 N–H and O–H groups in total. The van der Waals surface area contributed by atoms with Crippen LogP contribution < -0.4 is 9.64 Å². The van der Waals surface area contributed by atoms with Gasteiger partial charge < -0.3 is 9.64 Å². The Bertz CT molecular complexity index is 4920. The Balaban J connectivity index is 0.957. The van der Waals surface area contributed by atoms with E-state index >= 15 is 0 Å². The Morgan fingerprint density at radius 2 is 0.600 bits per heavy atom. The van der Waals surface area contributed by atoms with E-state index in [0.717, 1.165) is 61.2 Å². The zero-order chi connectivity index (χ0) is 55.6. The van der Waals surface area contributed by atoms with E-state index in [4.69, 9.17) is 4.74 Å². The highest BCUT2D eigenvalue weighted by atomic mass is 16.5. The summed E-state index contributed by atoms with van der Waals surface area (Å²) in [5, 5.41) is 4.50. The number of nitrogens with zero attached hydrogens (tertiary/aromatic N) is 1. The van der Waals surface area contributed by atoms with Crippen LogP contribution in [-0.2, 0) is 16.2 Å². The summed E-state index contributed by atoms with van der Waals surface area (Å²) in [7, 11) is 0. The number of anilines is 3. The van der Waals surface area contributed by atoms with Gasteiger partial charge in [-0.15, -0.1) is 0 Å². The van der Waals surface area contributed by atoms with E-state index in [-0.39, 0.29) is 0 Å². The fourth-order valence-corrected chi connectivity index (χ4v) is 16.9. The summed E-state index contributed by atoms with van der Waals surface area (Å²) >= 11 is 0. The molecule has 4 aliphatic carbocycles. The molecule has 0 unspecified atom stereocenters. The van der Waals surface area contributed by atoms with Gasteiger partial charge in [0.1, 0.15) is 11.5 Å². The molecule has 0 atom stereocenters. The van der Waals surface area contributed by atoms with Crippen LogP contribution in [0.4, 0.5) is 17.1 Å². The first-order valence-corrected chi connectivity index (χ1v) is 29.7. The highest BCUT2D eigenvalue weighted by molar-refractivity contribution is 6.06. The minimum atomic E-state index is -0.766. The van der Waals surface area contributed by atoms with E-state index < -0.39 is 16.2 Å². The maximum absolute atomic E-state index is 7.48. The lowest BCUT2D eigenvalue weighted by atomic mass is 9.65. The van der Waals surface area contributed by atoms with E-state index in [0.29, 0.717) is 0 Å². The summed E-state index contributed by atoms with van der Waals surface area (Å²) in [6, 6.07) is 117. The van der Waals surface area contributed by atoms with Crippen LogP contribution in [0.1, 0.15) is 66.8 Å². The van der Waals surface area contributed by atoms with Crippen molar-refractivity contribution in [3.05, 3.63) is 376 Å². The molecule has 2 spiro atoms. The second kappa shape index (κ2) is 17.1. The van der Waals surface area contributed by atoms with Crippen molar-refractivity contribution in [2.24, 2.45) is 0 Å². The Morgan fingerprint density at radius 1 is 0.235 bits per heavy atom. The van der Waals surface area contributed by atoms with Crippen LogP contribution in [0.5, 0.6) is 11.5 Å². The zero-order valence-corrected chi connectivity index (χ0v) is 46.3. The third kappa shape index (κ3) is 5.79. The van der Waals surface area contributed by atoms with Gasteiger partial charge in [-0.25, -0.2) is 0 Å². The molecule has 0 saturated carbocycles. The normalized spacial score (nSPS) is 14.7. The summed E-state index contributed by atoms with van der Waals surface area (Å²) in [5.74, 6) is 1.81. The van der Waals surface area contributed by atoms with Gasteiger partial charge in [0.25, 0.3) is 0 Å². The van der Waals surface area contributed by atoms with Crippen LogP contribution in [0.25, 0.3) is 66.1 Å². The third-order valence-electron chi connectivity index (χ3n) is 20.0. The van der Waals surface area contributed by atoms with Gasteiger partial charge in [-0.3, -0.25) is 0 Å².